The second kappa shape index (κ2) is 6.54. The fourth-order valence-corrected chi connectivity index (χ4v) is 2.08. The second-order valence-electron chi connectivity index (χ2n) is 4.88. The SMILES string of the molecule is N#Cc1cccc(NC(=O)c2nc(-c3cccnc3)cnc2N)c1.[HH].[HH]. The van der Waals surface area contributed by atoms with E-state index in [1.54, 1.807) is 42.7 Å². The summed E-state index contributed by atoms with van der Waals surface area (Å²) in [4.78, 5) is 24.7. The molecule has 0 spiro atoms. The van der Waals surface area contributed by atoms with E-state index in [4.69, 9.17) is 11.0 Å². The van der Waals surface area contributed by atoms with Gasteiger partial charge in [-0.05, 0) is 30.3 Å². The Hall–Kier alpha value is -3.79. The fraction of sp³-hybridized carbons (Fsp3) is 0. The number of amides is 1. The Bertz CT molecular complexity index is 943. The standard InChI is InChI=1S/C17H12N6O.2H2/c18-8-11-3-1-5-13(7-11)22-17(24)15-16(19)21-10-14(23-15)12-4-2-6-20-9-12;;/h1-7,9-10H,(H2,19,21)(H,22,24);2*1H. The fourth-order valence-electron chi connectivity index (χ4n) is 2.08. The highest BCUT2D eigenvalue weighted by Crippen LogP contribution is 2.18. The normalized spacial score (nSPS) is 9.96. The van der Waals surface area contributed by atoms with Crippen molar-refractivity contribution in [1.29, 1.82) is 5.26 Å². The average molecular weight is 320 g/mol. The largest absolute Gasteiger partial charge is 0.382 e. The third-order valence-electron chi connectivity index (χ3n) is 3.22. The minimum absolute atomic E-state index is 0. The number of hydrogen-bond acceptors (Lipinski definition) is 6. The predicted octanol–water partition coefficient (Wildman–Crippen LogP) is 2.74. The Balaban J connectivity index is 0.00000169. The van der Waals surface area contributed by atoms with Crippen LogP contribution in [0, 0.1) is 11.3 Å². The smallest absolute Gasteiger partial charge is 0.278 e. The molecule has 0 aliphatic carbocycles. The molecule has 3 N–H and O–H groups in total. The number of benzene rings is 1. The number of hydrogen-bond donors (Lipinski definition) is 2. The minimum atomic E-state index is -0.499. The first kappa shape index (κ1) is 15.1. The van der Waals surface area contributed by atoms with E-state index in [0.29, 0.717) is 16.9 Å². The minimum Gasteiger partial charge on any atom is -0.382 e. The molecule has 0 saturated carbocycles. The van der Waals surface area contributed by atoms with Crippen molar-refractivity contribution in [3.63, 3.8) is 0 Å². The molecule has 3 rings (SSSR count). The molecule has 120 valence electrons. The lowest BCUT2D eigenvalue weighted by molar-refractivity contribution is 0.102. The number of nitrogen functional groups attached to an aromatic ring is 1. The molecule has 0 bridgehead atoms. The van der Waals surface area contributed by atoms with Crippen molar-refractivity contribution in [3.8, 4) is 17.3 Å². The monoisotopic (exact) mass is 320 g/mol. The molecule has 2 heterocycles. The van der Waals surface area contributed by atoms with E-state index in [1.807, 2.05) is 12.1 Å². The summed E-state index contributed by atoms with van der Waals surface area (Å²) in [6, 6.07) is 12.1. The van der Waals surface area contributed by atoms with E-state index in [2.05, 4.69) is 20.3 Å². The van der Waals surface area contributed by atoms with Gasteiger partial charge >= 0.3 is 0 Å². The molecule has 2 aromatic heterocycles. The first-order valence-corrected chi connectivity index (χ1v) is 7.02. The van der Waals surface area contributed by atoms with Gasteiger partial charge in [-0.1, -0.05) is 6.07 Å². The van der Waals surface area contributed by atoms with Crippen LogP contribution in [-0.4, -0.2) is 20.9 Å². The Morgan fingerprint density at radius 2 is 2.12 bits per heavy atom. The number of nitrogens with zero attached hydrogens (tertiary/aromatic N) is 4. The lowest BCUT2D eigenvalue weighted by Gasteiger charge is -2.08. The van der Waals surface area contributed by atoms with Crippen LogP contribution in [0.3, 0.4) is 0 Å². The van der Waals surface area contributed by atoms with E-state index in [1.165, 1.54) is 6.20 Å². The molecule has 1 aromatic carbocycles. The lowest BCUT2D eigenvalue weighted by atomic mass is 10.2. The van der Waals surface area contributed by atoms with Gasteiger partial charge in [-0.15, -0.1) is 0 Å². The molecule has 1 amide bonds. The Labute approximate surface area is 140 Å². The number of nitriles is 1. The summed E-state index contributed by atoms with van der Waals surface area (Å²) in [6.45, 7) is 0. The number of nitrogens with one attached hydrogen (secondary N) is 1. The Kier molecular flexibility index (Phi) is 4.12. The molecular weight excluding hydrogens is 304 g/mol. The first-order valence-electron chi connectivity index (χ1n) is 7.02. The van der Waals surface area contributed by atoms with Crippen LogP contribution in [0.15, 0.2) is 55.0 Å². The maximum atomic E-state index is 12.4. The second-order valence-corrected chi connectivity index (χ2v) is 4.88. The Morgan fingerprint density at radius 1 is 1.25 bits per heavy atom. The van der Waals surface area contributed by atoms with Crippen LogP contribution in [0.5, 0.6) is 0 Å². The molecule has 0 unspecified atom stereocenters. The van der Waals surface area contributed by atoms with Crippen molar-refractivity contribution in [2.24, 2.45) is 0 Å². The number of aromatic nitrogens is 3. The highest BCUT2D eigenvalue weighted by atomic mass is 16.1. The van der Waals surface area contributed by atoms with Crippen LogP contribution in [0.2, 0.25) is 0 Å². The van der Waals surface area contributed by atoms with Crippen LogP contribution in [-0.2, 0) is 0 Å². The zero-order chi connectivity index (χ0) is 16.9. The van der Waals surface area contributed by atoms with Crippen LogP contribution in [0.25, 0.3) is 11.3 Å². The van der Waals surface area contributed by atoms with Crippen LogP contribution in [0.4, 0.5) is 11.5 Å². The summed E-state index contributed by atoms with van der Waals surface area (Å²) in [5.41, 5.74) is 7.93. The van der Waals surface area contributed by atoms with Gasteiger partial charge < -0.3 is 11.1 Å². The third kappa shape index (κ3) is 3.18. The average Bonchev–Trinajstić information content (AvgIpc) is 2.63. The highest BCUT2D eigenvalue weighted by molar-refractivity contribution is 6.06. The maximum Gasteiger partial charge on any atom is 0.278 e. The summed E-state index contributed by atoms with van der Waals surface area (Å²) in [5.74, 6) is -0.475. The summed E-state index contributed by atoms with van der Waals surface area (Å²) < 4.78 is 0. The summed E-state index contributed by atoms with van der Waals surface area (Å²) in [6.07, 6.45) is 4.75. The van der Waals surface area contributed by atoms with Gasteiger partial charge in [0.15, 0.2) is 11.5 Å². The van der Waals surface area contributed by atoms with E-state index in [-0.39, 0.29) is 14.4 Å². The van der Waals surface area contributed by atoms with Gasteiger partial charge in [0, 0.05) is 26.5 Å². The molecule has 0 aliphatic heterocycles. The van der Waals surface area contributed by atoms with Crippen LogP contribution in [0.1, 0.15) is 18.9 Å². The molecule has 3 aromatic rings. The first-order chi connectivity index (χ1) is 11.7. The number of rotatable bonds is 3. The molecule has 0 radical (unpaired) electrons. The summed E-state index contributed by atoms with van der Waals surface area (Å²) in [7, 11) is 0. The number of carbonyl (C=O) groups excluding carboxylic acids is 1. The van der Waals surface area contributed by atoms with Crippen LogP contribution < -0.4 is 11.1 Å². The van der Waals surface area contributed by atoms with Gasteiger partial charge in [0.05, 0.1) is 23.5 Å². The van der Waals surface area contributed by atoms with Gasteiger partial charge in [0.25, 0.3) is 5.91 Å². The summed E-state index contributed by atoms with van der Waals surface area (Å²) >= 11 is 0. The van der Waals surface area contributed by atoms with E-state index in [9.17, 15) is 4.79 Å². The number of carbonyl (C=O) groups is 1. The summed E-state index contributed by atoms with van der Waals surface area (Å²) in [5, 5.41) is 11.6. The van der Waals surface area contributed by atoms with E-state index in [0.717, 1.165) is 5.56 Å². The van der Waals surface area contributed by atoms with Crippen molar-refractivity contribution in [2.75, 3.05) is 11.1 Å². The molecular formula is C17H16N6O. The maximum absolute atomic E-state index is 12.4. The zero-order valence-electron chi connectivity index (χ0n) is 12.5. The van der Waals surface area contributed by atoms with E-state index >= 15 is 0 Å². The van der Waals surface area contributed by atoms with E-state index < -0.39 is 5.91 Å². The highest BCUT2D eigenvalue weighted by Gasteiger charge is 2.15. The molecule has 0 saturated heterocycles. The van der Waals surface area contributed by atoms with Gasteiger partial charge in [-0.2, -0.15) is 5.26 Å². The third-order valence-corrected chi connectivity index (χ3v) is 3.22. The number of pyridine rings is 1. The topological polar surface area (TPSA) is 118 Å². The van der Waals surface area contributed by atoms with Crippen molar-refractivity contribution in [2.45, 2.75) is 0 Å². The van der Waals surface area contributed by atoms with Crippen molar-refractivity contribution in [3.05, 3.63) is 66.2 Å². The van der Waals surface area contributed by atoms with Gasteiger partial charge in [0.1, 0.15) is 0 Å². The number of anilines is 2. The van der Waals surface area contributed by atoms with Gasteiger partial charge in [-0.25, -0.2) is 9.97 Å². The van der Waals surface area contributed by atoms with Crippen molar-refractivity contribution in [1.82, 2.24) is 15.0 Å². The van der Waals surface area contributed by atoms with Gasteiger partial charge in [-0.3, -0.25) is 9.78 Å². The van der Waals surface area contributed by atoms with Gasteiger partial charge in [0.2, 0.25) is 0 Å². The Morgan fingerprint density at radius 3 is 2.88 bits per heavy atom. The molecule has 7 nitrogen and oxygen atoms in total. The molecule has 0 fully saturated rings. The predicted molar refractivity (Wildman–Crippen MR) is 93.0 cm³/mol. The molecule has 0 aliphatic rings. The van der Waals surface area contributed by atoms with Crippen LogP contribution >= 0.6 is 0 Å². The quantitative estimate of drug-likeness (QED) is 0.766. The lowest BCUT2D eigenvalue weighted by Crippen LogP contribution is -2.17. The number of nitrogens with two attached hydrogens (primary N) is 1. The molecule has 24 heavy (non-hydrogen) atoms. The molecule has 7 heteroatoms. The molecule has 0 atom stereocenters. The van der Waals surface area contributed by atoms with Crippen molar-refractivity contribution >= 4 is 17.4 Å². The zero-order valence-corrected chi connectivity index (χ0v) is 12.5. The van der Waals surface area contributed by atoms with Crippen molar-refractivity contribution < 1.29 is 7.65 Å².